The van der Waals surface area contributed by atoms with Gasteiger partial charge in [0.1, 0.15) is 5.75 Å². The largest absolute Gasteiger partial charge is 0.784 e. The standard InChI is InChI=1S/C14H19N2O2/c1-4-8-18-13-7-5-6-12-9-11(2)16(14(12)13)10-15(3)17/h5-7,9H,4,8,10H2,1-3H3/q-1. The molecule has 0 N–H and O–H groups in total. The van der Waals surface area contributed by atoms with Crippen LogP contribution in [0.4, 0.5) is 0 Å². The van der Waals surface area contributed by atoms with Crippen molar-refractivity contribution in [2.45, 2.75) is 26.9 Å². The highest BCUT2D eigenvalue weighted by atomic mass is 16.5. The number of hydrogen-bond donors (Lipinski definition) is 0. The number of fused-ring (bicyclic) bond motifs is 1. The van der Waals surface area contributed by atoms with Crippen LogP contribution in [0.15, 0.2) is 24.3 Å². The Labute approximate surface area is 107 Å². The first-order valence-electron chi connectivity index (χ1n) is 6.23. The van der Waals surface area contributed by atoms with Gasteiger partial charge in [-0.05, 0) is 32.5 Å². The van der Waals surface area contributed by atoms with E-state index in [-0.39, 0.29) is 0 Å². The van der Waals surface area contributed by atoms with Crippen LogP contribution < -0.4 is 4.74 Å². The van der Waals surface area contributed by atoms with Crippen molar-refractivity contribution in [3.8, 4) is 5.75 Å². The van der Waals surface area contributed by atoms with Crippen LogP contribution in [0.25, 0.3) is 10.9 Å². The third kappa shape index (κ3) is 2.49. The lowest BCUT2D eigenvalue weighted by molar-refractivity contribution is 0.316. The highest BCUT2D eigenvalue weighted by Crippen LogP contribution is 2.29. The molecule has 0 aliphatic carbocycles. The number of benzene rings is 1. The predicted octanol–water partition coefficient (Wildman–Crippen LogP) is 3.13. The third-order valence-electron chi connectivity index (χ3n) is 2.89. The zero-order chi connectivity index (χ0) is 13.1. The Bertz CT molecular complexity index is 532. The molecule has 0 radical (unpaired) electrons. The first-order valence-corrected chi connectivity index (χ1v) is 6.23. The molecule has 2 rings (SSSR count). The van der Waals surface area contributed by atoms with E-state index in [9.17, 15) is 5.21 Å². The molecule has 0 saturated heterocycles. The van der Waals surface area contributed by atoms with Crippen molar-refractivity contribution >= 4 is 10.9 Å². The van der Waals surface area contributed by atoms with Crippen LogP contribution in [0.2, 0.25) is 0 Å². The van der Waals surface area contributed by atoms with Gasteiger partial charge in [0.15, 0.2) is 0 Å². The maximum absolute atomic E-state index is 11.3. The van der Waals surface area contributed by atoms with E-state index in [1.54, 1.807) is 0 Å². The molecule has 1 heterocycles. The summed E-state index contributed by atoms with van der Waals surface area (Å²) in [4.78, 5) is 0. The van der Waals surface area contributed by atoms with E-state index in [0.29, 0.717) is 13.3 Å². The molecule has 0 spiro atoms. The average Bonchev–Trinajstić information content (AvgIpc) is 2.63. The molecule has 2 aromatic rings. The van der Waals surface area contributed by atoms with Crippen molar-refractivity contribution in [1.29, 1.82) is 0 Å². The summed E-state index contributed by atoms with van der Waals surface area (Å²) >= 11 is 0. The Balaban J connectivity index is 2.50. The van der Waals surface area contributed by atoms with Crippen LogP contribution in [0.1, 0.15) is 19.0 Å². The van der Waals surface area contributed by atoms with Gasteiger partial charge in [0.05, 0.1) is 18.8 Å². The maximum atomic E-state index is 11.3. The van der Waals surface area contributed by atoms with Crippen molar-refractivity contribution in [2.75, 3.05) is 13.7 Å². The second-order valence-corrected chi connectivity index (χ2v) is 4.53. The van der Waals surface area contributed by atoms with Gasteiger partial charge in [0.25, 0.3) is 0 Å². The third-order valence-corrected chi connectivity index (χ3v) is 2.89. The van der Waals surface area contributed by atoms with Gasteiger partial charge in [-0.1, -0.05) is 19.1 Å². The van der Waals surface area contributed by atoms with Gasteiger partial charge >= 0.3 is 0 Å². The quantitative estimate of drug-likeness (QED) is 0.762. The lowest BCUT2D eigenvalue weighted by atomic mass is 10.2. The van der Waals surface area contributed by atoms with Crippen LogP contribution in [0.5, 0.6) is 5.75 Å². The van der Waals surface area contributed by atoms with Crippen molar-refractivity contribution in [3.63, 3.8) is 0 Å². The Morgan fingerprint density at radius 1 is 1.39 bits per heavy atom. The number of para-hydroxylation sites is 1. The summed E-state index contributed by atoms with van der Waals surface area (Å²) in [5.41, 5.74) is 2.08. The minimum atomic E-state index is 0.321. The second-order valence-electron chi connectivity index (χ2n) is 4.53. The molecule has 98 valence electrons. The van der Waals surface area contributed by atoms with Crippen LogP contribution in [-0.2, 0) is 6.67 Å². The van der Waals surface area contributed by atoms with Gasteiger partial charge in [-0.25, -0.2) is 0 Å². The van der Waals surface area contributed by atoms with E-state index >= 15 is 0 Å². The van der Waals surface area contributed by atoms with E-state index in [4.69, 9.17) is 4.74 Å². The fourth-order valence-electron chi connectivity index (χ4n) is 2.13. The van der Waals surface area contributed by atoms with Gasteiger partial charge in [0.2, 0.25) is 0 Å². The van der Waals surface area contributed by atoms with Crippen LogP contribution in [0.3, 0.4) is 0 Å². The van der Waals surface area contributed by atoms with Crippen LogP contribution in [-0.4, -0.2) is 23.3 Å². The Morgan fingerprint density at radius 3 is 2.83 bits per heavy atom. The summed E-state index contributed by atoms with van der Waals surface area (Å²) in [5.74, 6) is 0.851. The summed E-state index contributed by atoms with van der Waals surface area (Å²) in [6.07, 6.45) is 0.970. The van der Waals surface area contributed by atoms with E-state index in [0.717, 1.165) is 33.8 Å². The summed E-state index contributed by atoms with van der Waals surface area (Å²) in [5, 5.41) is 13.3. The van der Waals surface area contributed by atoms with E-state index in [2.05, 4.69) is 13.0 Å². The van der Waals surface area contributed by atoms with Gasteiger partial charge in [0, 0.05) is 11.1 Å². The highest BCUT2D eigenvalue weighted by Gasteiger charge is 2.10. The van der Waals surface area contributed by atoms with E-state index < -0.39 is 0 Å². The Hall–Kier alpha value is -1.52. The molecule has 0 bridgehead atoms. The number of ether oxygens (including phenoxy) is 1. The molecule has 4 nitrogen and oxygen atoms in total. The molecular formula is C14H19N2O2-. The van der Waals surface area contributed by atoms with Gasteiger partial charge in [-0.3, -0.25) is 0 Å². The zero-order valence-corrected chi connectivity index (χ0v) is 11.1. The number of hydroxylamine groups is 2. The lowest BCUT2D eigenvalue weighted by Gasteiger charge is -2.24. The Kier molecular flexibility index (Phi) is 3.89. The van der Waals surface area contributed by atoms with Crippen molar-refractivity contribution in [1.82, 2.24) is 9.63 Å². The monoisotopic (exact) mass is 247 g/mol. The van der Waals surface area contributed by atoms with Crippen LogP contribution >= 0.6 is 0 Å². The van der Waals surface area contributed by atoms with Gasteiger partial charge in [-0.15, -0.1) is 0 Å². The van der Waals surface area contributed by atoms with Gasteiger partial charge in [-0.2, -0.15) is 0 Å². The normalized spacial score (nSPS) is 11.4. The van der Waals surface area contributed by atoms with E-state index in [1.165, 1.54) is 7.05 Å². The first kappa shape index (κ1) is 12.9. The molecule has 0 unspecified atom stereocenters. The molecule has 0 aliphatic heterocycles. The van der Waals surface area contributed by atoms with Crippen molar-refractivity contribution in [2.24, 2.45) is 0 Å². The molecule has 1 aromatic heterocycles. The minimum Gasteiger partial charge on any atom is -0.784 e. The molecule has 0 amide bonds. The number of hydrogen-bond acceptors (Lipinski definition) is 3. The molecule has 0 atom stereocenters. The predicted molar refractivity (Wildman–Crippen MR) is 73.6 cm³/mol. The van der Waals surface area contributed by atoms with Crippen molar-refractivity contribution < 1.29 is 4.74 Å². The topological polar surface area (TPSA) is 40.5 Å². The van der Waals surface area contributed by atoms with Crippen LogP contribution in [0, 0.1) is 12.1 Å². The van der Waals surface area contributed by atoms with Crippen molar-refractivity contribution in [3.05, 3.63) is 35.2 Å². The first-order chi connectivity index (χ1) is 8.63. The summed E-state index contributed by atoms with van der Waals surface area (Å²) in [6, 6.07) is 8.07. The number of aromatic nitrogens is 1. The maximum Gasteiger partial charge on any atom is 0.143 e. The second kappa shape index (κ2) is 5.42. The zero-order valence-electron chi connectivity index (χ0n) is 11.1. The summed E-state index contributed by atoms with van der Waals surface area (Å²) in [6.45, 7) is 5.10. The average molecular weight is 247 g/mol. The molecule has 18 heavy (non-hydrogen) atoms. The SMILES string of the molecule is CCCOc1cccc2cc(C)n(CN(C)[O-])c12. The molecular weight excluding hydrogens is 228 g/mol. The number of aryl methyl sites for hydroxylation is 1. The van der Waals surface area contributed by atoms with Gasteiger partial charge < -0.3 is 19.6 Å². The molecule has 0 fully saturated rings. The number of nitrogens with zero attached hydrogens (tertiary/aromatic N) is 2. The fourth-order valence-corrected chi connectivity index (χ4v) is 2.13. The Morgan fingerprint density at radius 2 is 2.17 bits per heavy atom. The summed E-state index contributed by atoms with van der Waals surface area (Å²) < 4.78 is 7.76. The minimum absolute atomic E-state index is 0.321. The molecule has 1 aromatic carbocycles. The molecule has 0 aliphatic rings. The fraction of sp³-hybridized carbons (Fsp3) is 0.429. The number of rotatable bonds is 5. The lowest BCUT2D eigenvalue weighted by Crippen LogP contribution is -2.16. The molecule has 4 heteroatoms. The summed E-state index contributed by atoms with van der Waals surface area (Å²) in [7, 11) is 1.53. The van der Waals surface area contributed by atoms with E-state index in [1.807, 2.05) is 29.7 Å². The highest BCUT2D eigenvalue weighted by molar-refractivity contribution is 5.87. The smallest absolute Gasteiger partial charge is 0.143 e. The molecule has 0 saturated carbocycles.